The second kappa shape index (κ2) is 4.42. The standard InChI is InChI=1S/C11H12N2O4/c1-16-10(14)7(12)6-13-8-4-2-3-5-9(8)17-11(13)15/h2-5,7H,6,12H2,1H3/t7-/m0/s1. The zero-order valence-corrected chi connectivity index (χ0v) is 9.25. The fourth-order valence-corrected chi connectivity index (χ4v) is 1.61. The van der Waals surface area contributed by atoms with Gasteiger partial charge in [-0.05, 0) is 12.1 Å². The summed E-state index contributed by atoms with van der Waals surface area (Å²) >= 11 is 0. The van der Waals surface area contributed by atoms with Gasteiger partial charge in [0.15, 0.2) is 5.58 Å². The SMILES string of the molecule is COC(=O)[C@@H](N)Cn1c(=O)oc2ccccc21. The Balaban J connectivity index is 2.39. The van der Waals surface area contributed by atoms with Crippen LogP contribution in [0.4, 0.5) is 0 Å². The number of methoxy groups -OCH3 is 1. The first kappa shape index (κ1) is 11.4. The maximum atomic E-state index is 11.6. The Morgan fingerprint density at radius 2 is 2.24 bits per heavy atom. The van der Waals surface area contributed by atoms with E-state index in [1.807, 2.05) is 0 Å². The molecule has 2 aromatic rings. The summed E-state index contributed by atoms with van der Waals surface area (Å²) in [6.07, 6.45) is 0. The van der Waals surface area contributed by atoms with Gasteiger partial charge >= 0.3 is 11.7 Å². The molecular formula is C11H12N2O4. The van der Waals surface area contributed by atoms with Crippen molar-refractivity contribution in [3.8, 4) is 0 Å². The first-order valence-electron chi connectivity index (χ1n) is 5.05. The molecule has 0 bridgehead atoms. The third-order valence-electron chi connectivity index (χ3n) is 2.46. The van der Waals surface area contributed by atoms with Crippen LogP contribution in [0.5, 0.6) is 0 Å². The van der Waals surface area contributed by atoms with Crippen LogP contribution >= 0.6 is 0 Å². The third-order valence-corrected chi connectivity index (χ3v) is 2.46. The second-order valence-electron chi connectivity index (χ2n) is 3.58. The molecule has 1 aromatic heterocycles. The number of aromatic nitrogens is 1. The summed E-state index contributed by atoms with van der Waals surface area (Å²) in [7, 11) is 1.25. The summed E-state index contributed by atoms with van der Waals surface area (Å²) in [6.45, 7) is 0.0303. The lowest BCUT2D eigenvalue weighted by Crippen LogP contribution is -2.38. The fourth-order valence-electron chi connectivity index (χ4n) is 1.61. The largest absolute Gasteiger partial charge is 0.468 e. The van der Waals surface area contributed by atoms with E-state index in [0.717, 1.165) is 0 Å². The van der Waals surface area contributed by atoms with Crippen molar-refractivity contribution in [1.29, 1.82) is 0 Å². The van der Waals surface area contributed by atoms with Gasteiger partial charge in [-0.25, -0.2) is 4.79 Å². The highest BCUT2D eigenvalue weighted by Crippen LogP contribution is 2.11. The Kier molecular flexibility index (Phi) is 2.97. The summed E-state index contributed by atoms with van der Waals surface area (Å²) in [5.41, 5.74) is 6.68. The number of esters is 1. The van der Waals surface area contributed by atoms with Crippen molar-refractivity contribution >= 4 is 17.1 Å². The Hall–Kier alpha value is -2.08. The van der Waals surface area contributed by atoms with Crippen molar-refractivity contribution in [3.63, 3.8) is 0 Å². The van der Waals surface area contributed by atoms with Gasteiger partial charge in [-0.3, -0.25) is 9.36 Å². The maximum absolute atomic E-state index is 11.6. The number of carbonyl (C=O) groups is 1. The van der Waals surface area contributed by atoms with E-state index in [9.17, 15) is 9.59 Å². The quantitative estimate of drug-likeness (QED) is 0.763. The molecule has 1 aromatic carbocycles. The molecule has 0 fully saturated rings. The van der Waals surface area contributed by atoms with Crippen LogP contribution in [-0.2, 0) is 16.1 Å². The van der Waals surface area contributed by atoms with Crippen molar-refractivity contribution in [1.82, 2.24) is 4.57 Å². The van der Waals surface area contributed by atoms with Gasteiger partial charge in [0.2, 0.25) is 0 Å². The predicted octanol–water partition coefficient (Wildman–Crippen LogP) is 0.0948. The van der Waals surface area contributed by atoms with Gasteiger partial charge in [0, 0.05) is 0 Å². The van der Waals surface area contributed by atoms with E-state index >= 15 is 0 Å². The lowest BCUT2D eigenvalue weighted by atomic mass is 10.3. The van der Waals surface area contributed by atoms with Crippen molar-refractivity contribution in [2.45, 2.75) is 12.6 Å². The summed E-state index contributed by atoms with van der Waals surface area (Å²) in [5.74, 6) is -1.10. The number of nitrogens with zero attached hydrogens (tertiary/aromatic N) is 1. The summed E-state index contributed by atoms with van der Waals surface area (Å²) < 4.78 is 10.8. The number of fused-ring (bicyclic) bond motifs is 1. The fraction of sp³-hybridized carbons (Fsp3) is 0.273. The lowest BCUT2D eigenvalue weighted by molar-refractivity contribution is -0.142. The van der Waals surface area contributed by atoms with Crippen molar-refractivity contribution in [2.75, 3.05) is 7.11 Å². The number of carbonyl (C=O) groups excluding carboxylic acids is 1. The molecule has 0 saturated carbocycles. The maximum Gasteiger partial charge on any atom is 0.420 e. The molecule has 0 aliphatic rings. The number of benzene rings is 1. The van der Waals surface area contributed by atoms with Crippen molar-refractivity contribution in [3.05, 3.63) is 34.8 Å². The molecule has 0 radical (unpaired) electrons. The molecule has 0 amide bonds. The number of ether oxygens (including phenoxy) is 1. The smallest absolute Gasteiger partial charge is 0.420 e. The van der Waals surface area contributed by atoms with Crippen molar-refractivity contribution in [2.24, 2.45) is 5.73 Å². The lowest BCUT2D eigenvalue weighted by Gasteiger charge is -2.08. The van der Waals surface area contributed by atoms with Gasteiger partial charge in [-0.1, -0.05) is 12.1 Å². The molecular weight excluding hydrogens is 224 g/mol. The monoisotopic (exact) mass is 236 g/mol. The van der Waals surface area contributed by atoms with Gasteiger partial charge in [-0.2, -0.15) is 0 Å². The summed E-state index contributed by atoms with van der Waals surface area (Å²) in [4.78, 5) is 22.8. The van der Waals surface area contributed by atoms with E-state index in [1.165, 1.54) is 11.7 Å². The normalized spacial score (nSPS) is 12.6. The number of nitrogens with two attached hydrogens (primary N) is 1. The van der Waals surface area contributed by atoms with Gasteiger partial charge in [0.25, 0.3) is 0 Å². The molecule has 6 heteroatoms. The van der Waals surface area contributed by atoms with Gasteiger partial charge < -0.3 is 14.9 Å². The first-order valence-corrected chi connectivity index (χ1v) is 5.05. The van der Waals surface area contributed by atoms with E-state index in [0.29, 0.717) is 11.1 Å². The van der Waals surface area contributed by atoms with Crippen LogP contribution in [0.15, 0.2) is 33.5 Å². The zero-order chi connectivity index (χ0) is 12.4. The number of rotatable bonds is 3. The molecule has 0 unspecified atom stereocenters. The van der Waals surface area contributed by atoms with E-state index in [-0.39, 0.29) is 6.54 Å². The first-order chi connectivity index (χ1) is 8.13. The zero-order valence-electron chi connectivity index (χ0n) is 9.25. The van der Waals surface area contributed by atoms with Crippen molar-refractivity contribution < 1.29 is 13.9 Å². The highest BCUT2D eigenvalue weighted by Gasteiger charge is 2.18. The molecule has 0 aliphatic heterocycles. The van der Waals surface area contributed by atoms with Crippen LogP contribution in [0.25, 0.3) is 11.1 Å². The number of hydrogen-bond donors (Lipinski definition) is 1. The van der Waals surface area contributed by atoms with Crippen LogP contribution in [0.3, 0.4) is 0 Å². The average molecular weight is 236 g/mol. The summed E-state index contributed by atoms with van der Waals surface area (Å²) in [5, 5.41) is 0. The minimum Gasteiger partial charge on any atom is -0.468 e. The molecule has 6 nitrogen and oxygen atoms in total. The Labute approximate surface area is 96.6 Å². The highest BCUT2D eigenvalue weighted by molar-refractivity contribution is 5.76. The van der Waals surface area contributed by atoms with E-state index < -0.39 is 17.8 Å². The minimum absolute atomic E-state index is 0.0303. The molecule has 1 atom stereocenters. The van der Waals surface area contributed by atoms with Gasteiger partial charge in [0.1, 0.15) is 6.04 Å². The molecule has 0 aliphatic carbocycles. The molecule has 0 saturated heterocycles. The van der Waals surface area contributed by atoms with Crippen LogP contribution < -0.4 is 11.5 Å². The summed E-state index contributed by atoms with van der Waals surface area (Å²) in [6, 6.07) is 6.05. The van der Waals surface area contributed by atoms with E-state index in [4.69, 9.17) is 10.2 Å². The predicted molar refractivity (Wildman–Crippen MR) is 60.5 cm³/mol. The van der Waals surface area contributed by atoms with Gasteiger partial charge in [0.05, 0.1) is 19.2 Å². The molecule has 0 spiro atoms. The molecule has 2 rings (SSSR count). The number of oxazole rings is 1. The van der Waals surface area contributed by atoms with Crippen LogP contribution in [0.2, 0.25) is 0 Å². The van der Waals surface area contributed by atoms with E-state index in [1.54, 1.807) is 24.3 Å². The van der Waals surface area contributed by atoms with Crippen LogP contribution in [0.1, 0.15) is 0 Å². The molecule has 17 heavy (non-hydrogen) atoms. The Morgan fingerprint density at radius 3 is 2.94 bits per heavy atom. The third kappa shape index (κ3) is 2.07. The molecule has 1 heterocycles. The molecule has 90 valence electrons. The Morgan fingerprint density at radius 1 is 1.53 bits per heavy atom. The number of para-hydroxylation sites is 2. The van der Waals surface area contributed by atoms with E-state index in [2.05, 4.69) is 4.74 Å². The van der Waals surface area contributed by atoms with Crippen LogP contribution in [-0.4, -0.2) is 23.7 Å². The minimum atomic E-state index is -0.890. The van der Waals surface area contributed by atoms with Crippen LogP contribution in [0, 0.1) is 0 Å². The average Bonchev–Trinajstić information content (AvgIpc) is 2.65. The number of hydrogen-bond acceptors (Lipinski definition) is 5. The van der Waals surface area contributed by atoms with Gasteiger partial charge in [-0.15, -0.1) is 0 Å². The molecule has 2 N–H and O–H groups in total. The second-order valence-corrected chi connectivity index (χ2v) is 3.58. The highest BCUT2D eigenvalue weighted by atomic mass is 16.5. The Bertz CT molecular complexity index is 599. The topological polar surface area (TPSA) is 87.5 Å².